The van der Waals surface area contributed by atoms with E-state index in [1.54, 1.807) is 6.07 Å². The van der Waals surface area contributed by atoms with Crippen LogP contribution in [0.3, 0.4) is 0 Å². The molecule has 0 fully saturated rings. The maximum atomic E-state index is 5.90. The molecule has 3 nitrogen and oxygen atoms in total. The highest BCUT2D eigenvalue weighted by atomic mass is 35.5. The van der Waals surface area contributed by atoms with Gasteiger partial charge in [0.15, 0.2) is 0 Å². The minimum atomic E-state index is 0.200. The zero-order valence-electron chi connectivity index (χ0n) is 9.81. The summed E-state index contributed by atoms with van der Waals surface area (Å²) in [7, 11) is 0. The Hall–Kier alpha value is -1.61. The van der Waals surface area contributed by atoms with Crippen LogP contribution in [0.15, 0.2) is 30.3 Å². The highest BCUT2D eigenvalue weighted by molar-refractivity contribution is 6.29. The Morgan fingerprint density at radius 3 is 2.53 bits per heavy atom. The topological polar surface area (TPSA) is 51.8 Å². The Morgan fingerprint density at radius 2 is 1.88 bits per heavy atom. The molecule has 0 unspecified atom stereocenters. The fraction of sp³-hybridized carbons (Fsp3) is 0.231. The van der Waals surface area contributed by atoms with Crippen molar-refractivity contribution in [2.45, 2.75) is 19.8 Å². The van der Waals surface area contributed by atoms with Gasteiger partial charge in [-0.1, -0.05) is 49.7 Å². The third kappa shape index (κ3) is 2.56. The first-order valence-electron chi connectivity index (χ1n) is 5.47. The molecule has 0 saturated heterocycles. The van der Waals surface area contributed by atoms with Gasteiger partial charge in [0.25, 0.3) is 0 Å². The highest BCUT2D eigenvalue weighted by Gasteiger charge is 2.10. The fourth-order valence-corrected chi connectivity index (χ4v) is 2.00. The van der Waals surface area contributed by atoms with Crippen molar-refractivity contribution >= 4 is 17.5 Å². The first kappa shape index (κ1) is 11.9. The molecule has 1 aromatic heterocycles. The molecule has 0 spiro atoms. The Morgan fingerprint density at radius 1 is 1.18 bits per heavy atom. The van der Waals surface area contributed by atoms with Gasteiger partial charge >= 0.3 is 0 Å². The van der Waals surface area contributed by atoms with E-state index in [2.05, 4.69) is 29.9 Å². The van der Waals surface area contributed by atoms with Gasteiger partial charge in [0, 0.05) is 11.6 Å². The number of halogens is 1. The summed E-state index contributed by atoms with van der Waals surface area (Å²) in [6.07, 6.45) is 0. The van der Waals surface area contributed by atoms with Crippen LogP contribution in [0.2, 0.25) is 5.15 Å². The SMILES string of the molecule is CC(C)c1ccccc1-c1cc(Cl)nc(N)n1. The quantitative estimate of drug-likeness (QED) is 0.827. The molecule has 0 saturated carbocycles. The first-order valence-corrected chi connectivity index (χ1v) is 5.85. The number of nitrogens with two attached hydrogens (primary N) is 1. The molecule has 0 aliphatic heterocycles. The van der Waals surface area contributed by atoms with Crippen molar-refractivity contribution in [1.82, 2.24) is 9.97 Å². The van der Waals surface area contributed by atoms with E-state index in [1.165, 1.54) is 5.56 Å². The number of hydrogen-bond acceptors (Lipinski definition) is 3. The van der Waals surface area contributed by atoms with Crippen LogP contribution >= 0.6 is 11.6 Å². The van der Waals surface area contributed by atoms with Crippen LogP contribution in [0, 0.1) is 0 Å². The summed E-state index contributed by atoms with van der Waals surface area (Å²) in [4.78, 5) is 8.10. The predicted octanol–water partition coefficient (Wildman–Crippen LogP) is 3.50. The van der Waals surface area contributed by atoms with Crippen LogP contribution in [-0.4, -0.2) is 9.97 Å². The van der Waals surface area contributed by atoms with Crippen LogP contribution in [0.4, 0.5) is 5.95 Å². The normalized spacial score (nSPS) is 10.8. The molecule has 1 heterocycles. The van der Waals surface area contributed by atoms with Gasteiger partial charge in [-0.25, -0.2) is 9.97 Å². The average Bonchev–Trinajstić information content (AvgIpc) is 2.27. The van der Waals surface area contributed by atoms with Crippen LogP contribution in [0.25, 0.3) is 11.3 Å². The highest BCUT2D eigenvalue weighted by Crippen LogP contribution is 2.29. The Kier molecular flexibility index (Phi) is 3.29. The molecule has 2 N–H and O–H groups in total. The van der Waals surface area contributed by atoms with Gasteiger partial charge in [-0.3, -0.25) is 0 Å². The van der Waals surface area contributed by atoms with Crippen LogP contribution in [0.5, 0.6) is 0 Å². The molecular weight excluding hydrogens is 234 g/mol. The lowest BCUT2D eigenvalue weighted by Gasteiger charge is -2.12. The van der Waals surface area contributed by atoms with Crippen molar-refractivity contribution in [1.29, 1.82) is 0 Å². The molecular formula is C13H14ClN3. The predicted molar refractivity (Wildman–Crippen MR) is 71.0 cm³/mol. The summed E-state index contributed by atoms with van der Waals surface area (Å²) in [6.45, 7) is 4.29. The summed E-state index contributed by atoms with van der Waals surface area (Å²) < 4.78 is 0. The Balaban J connectivity index is 2.60. The summed E-state index contributed by atoms with van der Waals surface area (Å²) >= 11 is 5.90. The molecule has 1 aromatic carbocycles. The molecule has 0 aliphatic rings. The van der Waals surface area contributed by atoms with Crippen LogP contribution < -0.4 is 5.73 Å². The number of hydrogen-bond donors (Lipinski definition) is 1. The summed E-state index contributed by atoms with van der Waals surface area (Å²) in [5.74, 6) is 0.618. The smallest absolute Gasteiger partial charge is 0.221 e. The lowest BCUT2D eigenvalue weighted by Crippen LogP contribution is -1.99. The Labute approximate surface area is 106 Å². The van der Waals surface area contributed by atoms with Gasteiger partial charge in [0.1, 0.15) is 5.15 Å². The molecule has 4 heteroatoms. The standard InChI is InChI=1S/C13H14ClN3/c1-8(2)9-5-3-4-6-10(9)11-7-12(14)17-13(15)16-11/h3-8H,1-2H3,(H2,15,16,17). The second kappa shape index (κ2) is 4.72. The third-order valence-electron chi connectivity index (χ3n) is 2.57. The number of nitrogens with zero attached hydrogens (tertiary/aromatic N) is 2. The average molecular weight is 248 g/mol. The van der Waals surface area contributed by atoms with E-state index >= 15 is 0 Å². The fourth-order valence-electron chi connectivity index (χ4n) is 1.81. The number of anilines is 1. The van der Waals surface area contributed by atoms with Crippen LogP contribution in [0.1, 0.15) is 25.3 Å². The molecule has 2 rings (SSSR count). The third-order valence-corrected chi connectivity index (χ3v) is 2.76. The second-order valence-electron chi connectivity index (χ2n) is 4.18. The monoisotopic (exact) mass is 247 g/mol. The molecule has 0 amide bonds. The molecule has 17 heavy (non-hydrogen) atoms. The number of nitrogen functional groups attached to an aromatic ring is 1. The summed E-state index contributed by atoms with van der Waals surface area (Å²) in [6, 6.07) is 9.84. The van der Waals surface area contributed by atoms with Crippen molar-refractivity contribution in [2.24, 2.45) is 0 Å². The van der Waals surface area contributed by atoms with Crippen molar-refractivity contribution in [3.8, 4) is 11.3 Å². The van der Waals surface area contributed by atoms with E-state index in [4.69, 9.17) is 17.3 Å². The zero-order valence-corrected chi connectivity index (χ0v) is 10.6. The second-order valence-corrected chi connectivity index (χ2v) is 4.56. The molecule has 0 radical (unpaired) electrons. The van der Waals surface area contributed by atoms with Gasteiger partial charge in [-0.15, -0.1) is 0 Å². The van der Waals surface area contributed by atoms with Gasteiger partial charge < -0.3 is 5.73 Å². The van der Waals surface area contributed by atoms with Crippen molar-refractivity contribution in [2.75, 3.05) is 5.73 Å². The van der Waals surface area contributed by atoms with Crippen molar-refractivity contribution in [3.05, 3.63) is 41.0 Å². The van der Waals surface area contributed by atoms with E-state index in [0.717, 1.165) is 11.3 Å². The molecule has 0 aliphatic carbocycles. The number of aromatic nitrogens is 2. The van der Waals surface area contributed by atoms with E-state index in [1.807, 2.05) is 18.2 Å². The number of rotatable bonds is 2. The van der Waals surface area contributed by atoms with Gasteiger partial charge in [0.05, 0.1) is 5.69 Å². The van der Waals surface area contributed by atoms with E-state index in [0.29, 0.717) is 11.1 Å². The molecule has 0 bridgehead atoms. The van der Waals surface area contributed by atoms with Gasteiger partial charge in [-0.05, 0) is 11.5 Å². The van der Waals surface area contributed by atoms with Crippen molar-refractivity contribution < 1.29 is 0 Å². The van der Waals surface area contributed by atoms with Crippen molar-refractivity contribution in [3.63, 3.8) is 0 Å². The lowest BCUT2D eigenvalue weighted by atomic mass is 9.95. The maximum Gasteiger partial charge on any atom is 0.221 e. The van der Waals surface area contributed by atoms with Gasteiger partial charge in [0.2, 0.25) is 5.95 Å². The maximum absolute atomic E-state index is 5.90. The van der Waals surface area contributed by atoms with E-state index < -0.39 is 0 Å². The lowest BCUT2D eigenvalue weighted by molar-refractivity contribution is 0.868. The first-order chi connectivity index (χ1) is 8.08. The number of benzene rings is 1. The Bertz CT molecular complexity index is 518. The molecule has 2 aromatic rings. The van der Waals surface area contributed by atoms with E-state index in [9.17, 15) is 0 Å². The van der Waals surface area contributed by atoms with E-state index in [-0.39, 0.29) is 5.95 Å². The molecule has 88 valence electrons. The zero-order chi connectivity index (χ0) is 12.4. The van der Waals surface area contributed by atoms with Crippen LogP contribution in [-0.2, 0) is 0 Å². The minimum Gasteiger partial charge on any atom is -0.368 e. The molecule has 0 atom stereocenters. The summed E-state index contributed by atoms with van der Waals surface area (Å²) in [5.41, 5.74) is 8.66. The minimum absolute atomic E-state index is 0.200. The van der Waals surface area contributed by atoms with Gasteiger partial charge in [-0.2, -0.15) is 0 Å². The summed E-state index contributed by atoms with van der Waals surface area (Å²) in [5, 5.41) is 0.367. The largest absolute Gasteiger partial charge is 0.368 e.